The number of aromatic nitrogens is 3. The number of aliphatic hydroxyl groups excluding tert-OH is 1. The Kier molecular flexibility index (Phi) is 3.75. The minimum atomic E-state index is -3.52. The predicted molar refractivity (Wildman–Crippen MR) is 74.8 cm³/mol. The van der Waals surface area contributed by atoms with E-state index in [4.69, 9.17) is 5.11 Å². The molecule has 1 aromatic heterocycles. The van der Waals surface area contributed by atoms with Crippen LogP contribution in [0.3, 0.4) is 0 Å². The van der Waals surface area contributed by atoms with Crippen LogP contribution < -0.4 is 0 Å². The monoisotopic (exact) mass is 308 g/mol. The summed E-state index contributed by atoms with van der Waals surface area (Å²) in [5.74, 6) is 0.654. The van der Waals surface area contributed by atoms with Gasteiger partial charge in [-0.25, -0.2) is 8.42 Å². The van der Waals surface area contributed by atoms with Gasteiger partial charge in [0.2, 0.25) is 10.0 Å². The number of hydrogen-bond donors (Lipinski definition) is 1. The quantitative estimate of drug-likeness (QED) is 0.860. The molecule has 112 valence electrons. The molecule has 0 unspecified atom stereocenters. The highest BCUT2D eigenvalue weighted by Gasteiger charge is 2.29. The number of aliphatic hydroxyl groups is 1. The molecule has 0 aliphatic carbocycles. The van der Waals surface area contributed by atoms with E-state index in [1.54, 1.807) is 30.6 Å². The molecule has 0 bridgehead atoms. The highest BCUT2D eigenvalue weighted by molar-refractivity contribution is 7.89. The molecule has 8 heteroatoms. The SMILES string of the molecule is O=S(=O)(c1ccc(CCO)cc1)N1CCn2cnnc2C1. The third kappa shape index (κ3) is 2.69. The van der Waals surface area contributed by atoms with Crippen molar-refractivity contribution in [2.75, 3.05) is 13.2 Å². The van der Waals surface area contributed by atoms with E-state index in [0.717, 1.165) is 5.56 Å². The largest absolute Gasteiger partial charge is 0.396 e. The van der Waals surface area contributed by atoms with Crippen molar-refractivity contribution < 1.29 is 13.5 Å². The second-order valence-corrected chi connectivity index (χ2v) is 6.83. The van der Waals surface area contributed by atoms with Crippen molar-refractivity contribution in [1.29, 1.82) is 0 Å². The van der Waals surface area contributed by atoms with Crippen LogP contribution in [0, 0.1) is 0 Å². The summed E-state index contributed by atoms with van der Waals surface area (Å²) in [5, 5.41) is 16.6. The summed E-state index contributed by atoms with van der Waals surface area (Å²) in [6.07, 6.45) is 2.14. The van der Waals surface area contributed by atoms with Gasteiger partial charge in [0, 0.05) is 19.7 Å². The van der Waals surface area contributed by atoms with Crippen molar-refractivity contribution in [2.45, 2.75) is 24.4 Å². The smallest absolute Gasteiger partial charge is 0.243 e. The lowest BCUT2D eigenvalue weighted by atomic mass is 10.2. The molecule has 1 aromatic carbocycles. The summed E-state index contributed by atoms with van der Waals surface area (Å²) in [7, 11) is -3.52. The lowest BCUT2D eigenvalue weighted by molar-refractivity contribution is 0.299. The van der Waals surface area contributed by atoms with Crippen LogP contribution >= 0.6 is 0 Å². The zero-order valence-electron chi connectivity index (χ0n) is 11.4. The maximum atomic E-state index is 12.6. The van der Waals surface area contributed by atoms with Gasteiger partial charge in [-0.3, -0.25) is 0 Å². The van der Waals surface area contributed by atoms with Crippen molar-refractivity contribution in [2.24, 2.45) is 0 Å². The number of fused-ring (bicyclic) bond motifs is 1. The van der Waals surface area contributed by atoms with Gasteiger partial charge in [-0.15, -0.1) is 10.2 Å². The average Bonchev–Trinajstić information content (AvgIpc) is 2.95. The normalized spacial score (nSPS) is 15.9. The molecule has 21 heavy (non-hydrogen) atoms. The van der Waals surface area contributed by atoms with E-state index < -0.39 is 10.0 Å². The Bertz CT molecular complexity index is 724. The summed E-state index contributed by atoms with van der Waals surface area (Å²) in [5.41, 5.74) is 0.912. The standard InChI is InChI=1S/C13H16N4O3S/c18-8-5-11-1-3-12(4-2-11)21(19,20)17-7-6-16-10-14-15-13(16)9-17/h1-4,10,18H,5-9H2. The molecular formula is C13H16N4O3S. The highest BCUT2D eigenvalue weighted by atomic mass is 32.2. The molecule has 1 aliphatic rings. The van der Waals surface area contributed by atoms with Crippen molar-refractivity contribution in [3.63, 3.8) is 0 Å². The van der Waals surface area contributed by atoms with Gasteiger partial charge in [-0.05, 0) is 24.1 Å². The Morgan fingerprint density at radius 2 is 1.95 bits per heavy atom. The Hall–Kier alpha value is -1.77. The van der Waals surface area contributed by atoms with E-state index >= 15 is 0 Å². The van der Waals surface area contributed by atoms with E-state index in [-0.39, 0.29) is 18.0 Å². The van der Waals surface area contributed by atoms with Crippen molar-refractivity contribution in [3.05, 3.63) is 42.0 Å². The van der Waals surface area contributed by atoms with Crippen LogP contribution in [0.15, 0.2) is 35.5 Å². The van der Waals surface area contributed by atoms with Crippen LogP contribution in [0.25, 0.3) is 0 Å². The van der Waals surface area contributed by atoms with Crippen LogP contribution in [-0.4, -0.2) is 45.7 Å². The predicted octanol–water partition coefficient (Wildman–Crippen LogP) is 0.0174. The molecule has 7 nitrogen and oxygen atoms in total. The molecule has 1 aliphatic heterocycles. The molecule has 0 radical (unpaired) electrons. The summed E-state index contributed by atoms with van der Waals surface area (Å²) in [6.45, 7) is 1.25. The van der Waals surface area contributed by atoms with Crippen molar-refractivity contribution in [3.8, 4) is 0 Å². The summed E-state index contributed by atoms with van der Waals surface area (Å²) in [4.78, 5) is 0.261. The van der Waals surface area contributed by atoms with Gasteiger partial charge >= 0.3 is 0 Å². The van der Waals surface area contributed by atoms with E-state index in [9.17, 15) is 8.42 Å². The lowest BCUT2D eigenvalue weighted by Gasteiger charge is -2.26. The fraction of sp³-hybridized carbons (Fsp3) is 0.385. The third-order valence-corrected chi connectivity index (χ3v) is 5.42. The molecule has 3 rings (SSSR count). The maximum absolute atomic E-state index is 12.6. The molecule has 0 fully saturated rings. The Morgan fingerprint density at radius 3 is 2.67 bits per heavy atom. The van der Waals surface area contributed by atoms with Gasteiger partial charge < -0.3 is 9.67 Å². The Balaban J connectivity index is 1.84. The van der Waals surface area contributed by atoms with Crippen LogP contribution in [0.2, 0.25) is 0 Å². The van der Waals surface area contributed by atoms with Gasteiger partial charge in [-0.1, -0.05) is 12.1 Å². The molecule has 2 aromatic rings. The summed E-state index contributed by atoms with van der Waals surface area (Å²) in [6, 6.07) is 6.63. The number of hydrogen-bond acceptors (Lipinski definition) is 5. The van der Waals surface area contributed by atoms with Crippen LogP contribution in [0.5, 0.6) is 0 Å². The fourth-order valence-corrected chi connectivity index (χ4v) is 3.74. The number of sulfonamides is 1. The average molecular weight is 308 g/mol. The minimum absolute atomic E-state index is 0.0495. The maximum Gasteiger partial charge on any atom is 0.243 e. The van der Waals surface area contributed by atoms with Crippen molar-refractivity contribution in [1.82, 2.24) is 19.1 Å². The van der Waals surface area contributed by atoms with E-state index in [0.29, 0.717) is 25.3 Å². The first kappa shape index (κ1) is 14.2. The van der Waals surface area contributed by atoms with E-state index in [2.05, 4.69) is 10.2 Å². The topological polar surface area (TPSA) is 88.3 Å². The first-order valence-electron chi connectivity index (χ1n) is 6.68. The van der Waals surface area contributed by atoms with Gasteiger partial charge in [0.05, 0.1) is 11.4 Å². The first-order chi connectivity index (χ1) is 10.1. The van der Waals surface area contributed by atoms with Gasteiger partial charge in [0.1, 0.15) is 12.2 Å². The van der Waals surface area contributed by atoms with Gasteiger partial charge in [0.15, 0.2) is 0 Å². The minimum Gasteiger partial charge on any atom is -0.396 e. The molecule has 2 heterocycles. The zero-order chi connectivity index (χ0) is 14.9. The molecule has 0 amide bonds. The molecular weight excluding hydrogens is 292 g/mol. The van der Waals surface area contributed by atoms with Crippen LogP contribution in [-0.2, 0) is 29.5 Å². The number of nitrogens with zero attached hydrogens (tertiary/aromatic N) is 4. The Labute approximate surface area is 122 Å². The van der Waals surface area contributed by atoms with Gasteiger partial charge in [0.25, 0.3) is 0 Å². The second-order valence-electron chi connectivity index (χ2n) is 4.90. The number of benzene rings is 1. The van der Waals surface area contributed by atoms with Crippen molar-refractivity contribution >= 4 is 10.0 Å². The fourth-order valence-electron chi connectivity index (χ4n) is 2.36. The summed E-state index contributed by atoms with van der Waals surface area (Å²) >= 11 is 0. The van der Waals surface area contributed by atoms with Gasteiger partial charge in [-0.2, -0.15) is 4.31 Å². The highest BCUT2D eigenvalue weighted by Crippen LogP contribution is 2.21. The number of rotatable bonds is 4. The molecule has 0 spiro atoms. The Morgan fingerprint density at radius 1 is 1.19 bits per heavy atom. The summed E-state index contributed by atoms with van der Waals surface area (Å²) < 4.78 is 28.5. The lowest BCUT2D eigenvalue weighted by Crippen LogP contribution is -2.38. The third-order valence-electron chi connectivity index (χ3n) is 3.57. The van der Waals surface area contributed by atoms with Crippen LogP contribution in [0.1, 0.15) is 11.4 Å². The van der Waals surface area contributed by atoms with E-state index in [1.165, 1.54) is 4.31 Å². The molecule has 0 saturated carbocycles. The molecule has 0 saturated heterocycles. The molecule has 0 atom stereocenters. The van der Waals surface area contributed by atoms with E-state index in [1.807, 2.05) is 4.57 Å². The van der Waals surface area contributed by atoms with Crippen LogP contribution in [0.4, 0.5) is 0 Å². The molecule has 1 N–H and O–H groups in total. The zero-order valence-corrected chi connectivity index (χ0v) is 12.2. The first-order valence-corrected chi connectivity index (χ1v) is 8.12. The second kappa shape index (κ2) is 5.55.